The molecule has 0 aromatic heterocycles. The molecule has 1 aromatic carbocycles. The summed E-state index contributed by atoms with van der Waals surface area (Å²) in [5.41, 5.74) is 0.609. The van der Waals surface area contributed by atoms with Gasteiger partial charge < -0.3 is 4.90 Å². The molecule has 0 bridgehead atoms. The van der Waals surface area contributed by atoms with E-state index in [4.69, 9.17) is 0 Å². The highest BCUT2D eigenvalue weighted by atomic mass is 19.1. The Hall–Kier alpha value is -1.22. The van der Waals surface area contributed by atoms with E-state index in [0.29, 0.717) is 12.0 Å². The Morgan fingerprint density at radius 2 is 1.74 bits per heavy atom. The van der Waals surface area contributed by atoms with Crippen LogP contribution in [0.15, 0.2) is 24.3 Å². The van der Waals surface area contributed by atoms with Crippen LogP contribution in [-0.2, 0) is 0 Å². The van der Waals surface area contributed by atoms with Gasteiger partial charge in [0.15, 0.2) is 5.78 Å². The molecule has 1 rings (SSSR count). The van der Waals surface area contributed by atoms with Gasteiger partial charge in [0.25, 0.3) is 0 Å². The number of carbonyl (C=O) groups is 1. The van der Waals surface area contributed by atoms with Crippen LogP contribution in [0.25, 0.3) is 0 Å². The third kappa shape index (κ3) is 5.97. The number of unbranched alkanes of at least 4 members (excludes halogenated alkanes) is 1. The number of halogens is 1. The summed E-state index contributed by atoms with van der Waals surface area (Å²) in [7, 11) is 0. The molecule has 19 heavy (non-hydrogen) atoms. The maximum Gasteiger partial charge on any atom is 0.162 e. The van der Waals surface area contributed by atoms with E-state index in [0.717, 1.165) is 26.1 Å². The molecule has 106 valence electrons. The highest BCUT2D eigenvalue weighted by molar-refractivity contribution is 5.95. The van der Waals surface area contributed by atoms with Crippen molar-refractivity contribution in [2.75, 3.05) is 19.6 Å². The van der Waals surface area contributed by atoms with Crippen molar-refractivity contribution in [3.05, 3.63) is 35.6 Å². The Bertz CT molecular complexity index is 375. The van der Waals surface area contributed by atoms with Gasteiger partial charge in [-0.3, -0.25) is 4.79 Å². The van der Waals surface area contributed by atoms with E-state index in [-0.39, 0.29) is 11.6 Å². The van der Waals surface area contributed by atoms with E-state index in [9.17, 15) is 9.18 Å². The second-order valence-electron chi connectivity index (χ2n) is 4.82. The molecule has 2 nitrogen and oxygen atoms in total. The van der Waals surface area contributed by atoms with Gasteiger partial charge in [0.05, 0.1) is 0 Å². The van der Waals surface area contributed by atoms with Crippen molar-refractivity contribution < 1.29 is 9.18 Å². The van der Waals surface area contributed by atoms with Gasteiger partial charge in [-0.1, -0.05) is 20.3 Å². The zero-order chi connectivity index (χ0) is 14.1. The maximum absolute atomic E-state index is 12.8. The third-order valence-corrected chi connectivity index (χ3v) is 3.32. The van der Waals surface area contributed by atoms with E-state index < -0.39 is 0 Å². The standard InChI is InChI=1S/C16H24FNO/c1-3-5-12-18(4-2)13-6-7-16(19)14-8-10-15(17)11-9-14/h8-11H,3-7,12-13H2,1-2H3. The lowest BCUT2D eigenvalue weighted by Gasteiger charge is -2.19. The van der Waals surface area contributed by atoms with Gasteiger partial charge in [-0.15, -0.1) is 0 Å². The minimum Gasteiger partial charge on any atom is -0.304 e. The van der Waals surface area contributed by atoms with Gasteiger partial charge in [-0.05, 0) is 56.7 Å². The molecular formula is C16H24FNO. The number of benzene rings is 1. The molecule has 0 saturated heterocycles. The fourth-order valence-corrected chi connectivity index (χ4v) is 2.05. The van der Waals surface area contributed by atoms with Crippen LogP contribution in [0.5, 0.6) is 0 Å². The number of nitrogens with zero attached hydrogens (tertiary/aromatic N) is 1. The Morgan fingerprint density at radius 1 is 1.11 bits per heavy atom. The Kier molecular flexibility index (Phi) is 7.34. The third-order valence-electron chi connectivity index (χ3n) is 3.32. The zero-order valence-electron chi connectivity index (χ0n) is 12.0. The zero-order valence-corrected chi connectivity index (χ0v) is 12.0. The average Bonchev–Trinajstić information content (AvgIpc) is 2.43. The average molecular weight is 265 g/mol. The van der Waals surface area contributed by atoms with Crippen LogP contribution in [0.2, 0.25) is 0 Å². The van der Waals surface area contributed by atoms with Crippen LogP contribution in [0.1, 0.15) is 49.9 Å². The molecule has 0 N–H and O–H groups in total. The Balaban J connectivity index is 2.31. The molecule has 3 heteroatoms. The van der Waals surface area contributed by atoms with E-state index in [1.54, 1.807) is 12.1 Å². The predicted octanol–water partition coefficient (Wildman–Crippen LogP) is 3.91. The van der Waals surface area contributed by atoms with Crippen LogP contribution in [0, 0.1) is 5.82 Å². The highest BCUT2D eigenvalue weighted by Gasteiger charge is 2.07. The van der Waals surface area contributed by atoms with Gasteiger partial charge in [0, 0.05) is 12.0 Å². The molecule has 0 aliphatic heterocycles. The molecule has 0 aliphatic carbocycles. The first-order chi connectivity index (χ1) is 9.17. The van der Waals surface area contributed by atoms with Gasteiger partial charge in [-0.2, -0.15) is 0 Å². The van der Waals surface area contributed by atoms with Gasteiger partial charge in [0.2, 0.25) is 0 Å². The largest absolute Gasteiger partial charge is 0.304 e. The second-order valence-corrected chi connectivity index (χ2v) is 4.82. The molecule has 0 saturated carbocycles. The van der Waals surface area contributed by atoms with Crippen molar-refractivity contribution >= 4 is 5.78 Å². The highest BCUT2D eigenvalue weighted by Crippen LogP contribution is 2.08. The van der Waals surface area contributed by atoms with Crippen LogP contribution < -0.4 is 0 Å². The SMILES string of the molecule is CCCCN(CC)CCCC(=O)c1ccc(F)cc1. The number of carbonyl (C=O) groups excluding carboxylic acids is 1. The summed E-state index contributed by atoms with van der Waals surface area (Å²) >= 11 is 0. The fraction of sp³-hybridized carbons (Fsp3) is 0.562. The molecule has 0 spiro atoms. The Labute approximate surface area is 115 Å². The minimum absolute atomic E-state index is 0.103. The normalized spacial score (nSPS) is 10.9. The number of ketones is 1. The van der Waals surface area contributed by atoms with Crippen molar-refractivity contribution in [2.24, 2.45) is 0 Å². The first-order valence-corrected chi connectivity index (χ1v) is 7.18. The maximum atomic E-state index is 12.8. The number of hydrogen-bond donors (Lipinski definition) is 0. The molecule has 0 heterocycles. The number of hydrogen-bond acceptors (Lipinski definition) is 2. The van der Waals surface area contributed by atoms with Crippen molar-refractivity contribution in [3.63, 3.8) is 0 Å². The summed E-state index contributed by atoms with van der Waals surface area (Å²) in [6, 6.07) is 5.80. The molecule has 0 atom stereocenters. The quantitative estimate of drug-likeness (QED) is 0.631. The van der Waals surface area contributed by atoms with Crippen molar-refractivity contribution in [1.82, 2.24) is 4.90 Å². The van der Waals surface area contributed by atoms with Gasteiger partial charge in [0.1, 0.15) is 5.82 Å². The molecule has 0 radical (unpaired) electrons. The number of Topliss-reactive ketones (excluding diaryl/α,β-unsaturated/α-hetero) is 1. The topological polar surface area (TPSA) is 20.3 Å². The molecule has 0 amide bonds. The van der Waals surface area contributed by atoms with E-state index >= 15 is 0 Å². The lowest BCUT2D eigenvalue weighted by molar-refractivity contribution is 0.0975. The monoisotopic (exact) mass is 265 g/mol. The molecule has 0 unspecified atom stereocenters. The van der Waals surface area contributed by atoms with E-state index in [1.807, 2.05) is 0 Å². The van der Waals surface area contributed by atoms with Crippen molar-refractivity contribution in [2.45, 2.75) is 39.5 Å². The summed E-state index contributed by atoms with van der Waals surface area (Å²) < 4.78 is 12.8. The van der Waals surface area contributed by atoms with Crippen molar-refractivity contribution in [1.29, 1.82) is 0 Å². The first kappa shape index (κ1) is 15.8. The van der Waals surface area contributed by atoms with Crippen molar-refractivity contribution in [3.8, 4) is 0 Å². The van der Waals surface area contributed by atoms with E-state index in [1.165, 1.54) is 25.0 Å². The van der Waals surface area contributed by atoms with Crippen LogP contribution in [0.3, 0.4) is 0 Å². The lowest BCUT2D eigenvalue weighted by atomic mass is 10.1. The summed E-state index contributed by atoms with van der Waals surface area (Å²) in [5, 5.41) is 0. The Morgan fingerprint density at radius 3 is 2.32 bits per heavy atom. The molecular weight excluding hydrogens is 241 g/mol. The summed E-state index contributed by atoms with van der Waals surface area (Å²) in [5.74, 6) is -0.195. The molecule has 0 aliphatic rings. The smallest absolute Gasteiger partial charge is 0.162 e. The summed E-state index contributed by atoms with van der Waals surface area (Å²) in [6.07, 6.45) is 3.81. The fourth-order valence-electron chi connectivity index (χ4n) is 2.05. The van der Waals surface area contributed by atoms with Gasteiger partial charge >= 0.3 is 0 Å². The van der Waals surface area contributed by atoms with Crippen LogP contribution in [0.4, 0.5) is 4.39 Å². The van der Waals surface area contributed by atoms with Crippen LogP contribution >= 0.6 is 0 Å². The first-order valence-electron chi connectivity index (χ1n) is 7.18. The molecule has 1 aromatic rings. The second kappa shape index (κ2) is 8.81. The lowest BCUT2D eigenvalue weighted by Crippen LogP contribution is -2.26. The summed E-state index contributed by atoms with van der Waals surface area (Å²) in [4.78, 5) is 14.3. The molecule has 0 fully saturated rings. The number of rotatable bonds is 9. The van der Waals surface area contributed by atoms with Gasteiger partial charge in [-0.25, -0.2) is 4.39 Å². The van der Waals surface area contributed by atoms with E-state index in [2.05, 4.69) is 18.7 Å². The predicted molar refractivity (Wildman–Crippen MR) is 77.0 cm³/mol. The summed E-state index contributed by atoms with van der Waals surface area (Å²) in [6.45, 7) is 7.44. The van der Waals surface area contributed by atoms with Crippen LogP contribution in [-0.4, -0.2) is 30.3 Å². The minimum atomic E-state index is -0.298.